The molecule has 1 fully saturated rings. The summed E-state index contributed by atoms with van der Waals surface area (Å²) in [5, 5.41) is 0. The second-order valence-corrected chi connectivity index (χ2v) is 10.7. The van der Waals surface area contributed by atoms with Crippen LogP contribution in [0, 0.1) is 12.7 Å². The van der Waals surface area contributed by atoms with E-state index in [0.717, 1.165) is 27.7 Å². The second-order valence-electron chi connectivity index (χ2n) is 9.83. The smallest absolute Gasteiger partial charge is 0.416 e. The normalized spacial score (nSPS) is 17.8. The van der Waals surface area contributed by atoms with E-state index in [1.54, 1.807) is 26.0 Å². The Morgan fingerprint density at radius 3 is 2.42 bits per heavy atom. The summed E-state index contributed by atoms with van der Waals surface area (Å²) < 4.78 is 66.8. The van der Waals surface area contributed by atoms with Crippen molar-refractivity contribution in [2.45, 2.75) is 58.5 Å². The molecule has 0 aromatic heterocycles. The lowest BCUT2D eigenvalue weighted by Crippen LogP contribution is -2.31. The van der Waals surface area contributed by atoms with Gasteiger partial charge in [0.05, 0.1) is 25.3 Å². The first-order valence-electron chi connectivity index (χ1n) is 12.1. The minimum absolute atomic E-state index is 0.0659. The van der Waals surface area contributed by atoms with Gasteiger partial charge in [-0.25, -0.2) is 9.18 Å². The maximum Gasteiger partial charge on any atom is 0.416 e. The molecule has 38 heavy (non-hydrogen) atoms. The molecule has 1 heterocycles. The van der Waals surface area contributed by atoms with Gasteiger partial charge in [-0.05, 0) is 72.4 Å². The monoisotopic (exact) mass is 593 g/mol. The van der Waals surface area contributed by atoms with E-state index in [2.05, 4.69) is 15.9 Å². The first kappa shape index (κ1) is 28.0. The number of benzene rings is 3. The summed E-state index contributed by atoms with van der Waals surface area (Å²) >= 11 is 3.48. The van der Waals surface area contributed by atoms with Crippen LogP contribution in [0.5, 0.6) is 5.75 Å². The zero-order valence-electron chi connectivity index (χ0n) is 21.6. The van der Waals surface area contributed by atoms with Crippen LogP contribution in [0.4, 0.5) is 22.4 Å². The van der Waals surface area contributed by atoms with Crippen molar-refractivity contribution in [3.63, 3.8) is 0 Å². The van der Waals surface area contributed by atoms with Gasteiger partial charge in [0.1, 0.15) is 17.7 Å². The maximum atomic E-state index is 14.7. The van der Waals surface area contributed by atoms with Gasteiger partial charge in [0.15, 0.2) is 0 Å². The summed E-state index contributed by atoms with van der Waals surface area (Å²) in [6, 6.07) is 11.8. The number of aryl methyl sites for hydroxylation is 1. The van der Waals surface area contributed by atoms with E-state index in [9.17, 15) is 22.4 Å². The van der Waals surface area contributed by atoms with Crippen LogP contribution in [-0.4, -0.2) is 24.1 Å². The number of methoxy groups -OCH3 is 1. The van der Waals surface area contributed by atoms with Gasteiger partial charge in [0, 0.05) is 16.1 Å². The van der Waals surface area contributed by atoms with Gasteiger partial charge >= 0.3 is 12.3 Å². The Kier molecular flexibility index (Phi) is 7.79. The van der Waals surface area contributed by atoms with Crippen molar-refractivity contribution in [1.82, 2.24) is 4.90 Å². The highest BCUT2D eigenvalue weighted by atomic mass is 79.9. The van der Waals surface area contributed by atoms with Gasteiger partial charge in [0.2, 0.25) is 0 Å². The number of ether oxygens (including phenoxy) is 2. The van der Waals surface area contributed by atoms with Crippen molar-refractivity contribution in [1.29, 1.82) is 0 Å². The van der Waals surface area contributed by atoms with Crippen molar-refractivity contribution < 1.29 is 31.8 Å². The van der Waals surface area contributed by atoms with Crippen LogP contribution in [0.15, 0.2) is 53.0 Å². The Hall–Kier alpha value is -3.07. The number of cyclic esters (lactones) is 1. The summed E-state index contributed by atoms with van der Waals surface area (Å²) in [6.07, 6.45) is -6.01. The zero-order chi connectivity index (χ0) is 27.9. The predicted octanol–water partition coefficient (Wildman–Crippen LogP) is 8.80. The highest BCUT2D eigenvalue weighted by molar-refractivity contribution is 9.10. The van der Waals surface area contributed by atoms with Gasteiger partial charge in [-0.3, -0.25) is 4.90 Å². The van der Waals surface area contributed by atoms with Crippen LogP contribution < -0.4 is 4.74 Å². The van der Waals surface area contributed by atoms with E-state index in [1.165, 1.54) is 18.1 Å². The molecule has 0 aliphatic carbocycles. The molecule has 0 N–H and O–H groups in total. The molecule has 2 atom stereocenters. The average Bonchev–Trinajstić information content (AvgIpc) is 3.11. The Bertz CT molecular complexity index is 1370. The standard InChI is InChI=1S/C29H28BrF4NO3/c1-15(2)23-12-24(26(37-5)13-25(23)31)22-7-6-21(30)11-19(22)14-35-17(4)27(38-28(35)36)18-8-16(3)9-20(10-18)29(32,33)34/h6-13,15,17,27H,14H2,1-5H3/t17-,27?/m0/s1. The number of halogens is 5. The second kappa shape index (κ2) is 10.6. The summed E-state index contributed by atoms with van der Waals surface area (Å²) in [7, 11) is 1.47. The molecule has 1 unspecified atom stereocenters. The average molecular weight is 594 g/mol. The first-order chi connectivity index (χ1) is 17.8. The summed E-state index contributed by atoms with van der Waals surface area (Å²) in [6.45, 7) is 7.25. The summed E-state index contributed by atoms with van der Waals surface area (Å²) in [4.78, 5) is 14.5. The first-order valence-corrected chi connectivity index (χ1v) is 12.9. The molecule has 1 aliphatic rings. The number of alkyl halides is 3. The summed E-state index contributed by atoms with van der Waals surface area (Å²) in [5.41, 5.74) is 2.61. The fraction of sp³-hybridized carbons (Fsp3) is 0.345. The molecule has 9 heteroatoms. The van der Waals surface area contributed by atoms with Gasteiger partial charge in [-0.2, -0.15) is 13.2 Å². The number of nitrogens with zero attached hydrogens (tertiary/aromatic N) is 1. The molecule has 0 radical (unpaired) electrons. The van der Waals surface area contributed by atoms with Gasteiger partial charge in [-0.1, -0.05) is 47.5 Å². The Morgan fingerprint density at radius 1 is 1.08 bits per heavy atom. The number of rotatable bonds is 6. The van der Waals surface area contributed by atoms with E-state index in [4.69, 9.17) is 9.47 Å². The third kappa shape index (κ3) is 5.53. The molecule has 3 aromatic rings. The highest BCUT2D eigenvalue weighted by Crippen LogP contribution is 2.41. The van der Waals surface area contributed by atoms with E-state index < -0.39 is 30.0 Å². The van der Waals surface area contributed by atoms with Crippen LogP contribution >= 0.6 is 15.9 Å². The lowest BCUT2D eigenvalue weighted by molar-refractivity contribution is -0.137. The fourth-order valence-electron chi connectivity index (χ4n) is 4.83. The van der Waals surface area contributed by atoms with E-state index >= 15 is 0 Å². The van der Waals surface area contributed by atoms with E-state index in [0.29, 0.717) is 22.4 Å². The zero-order valence-corrected chi connectivity index (χ0v) is 23.2. The topological polar surface area (TPSA) is 38.8 Å². The minimum Gasteiger partial charge on any atom is -0.496 e. The molecule has 0 bridgehead atoms. The molecule has 0 spiro atoms. The number of hydrogen-bond donors (Lipinski definition) is 0. The molecule has 202 valence electrons. The molecule has 3 aromatic carbocycles. The quantitative estimate of drug-likeness (QED) is 0.268. The maximum absolute atomic E-state index is 14.7. The largest absolute Gasteiger partial charge is 0.496 e. The van der Waals surface area contributed by atoms with Crippen molar-refractivity contribution in [3.05, 3.63) is 86.6 Å². The number of hydrogen-bond acceptors (Lipinski definition) is 3. The summed E-state index contributed by atoms with van der Waals surface area (Å²) in [5.74, 6) is -0.0797. The number of carbonyl (C=O) groups is 1. The molecule has 0 saturated carbocycles. The van der Waals surface area contributed by atoms with Crippen LogP contribution in [0.2, 0.25) is 0 Å². The van der Waals surface area contributed by atoms with Gasteiger partial charge in [0.25, 0.3) is 0 Å². The van der Waals surface area contributed by atoms with Crippen molar-refractivity contribution in [2.75, 3.05) is 7.11 Å². The number of amides is 1. The molecular formula is C29H28BrF4NO3. The Balaban J connectivity index is 1.72. The third-order valence-electron chi connectivity index (χ3n) is 6.79. The third-order valence-corrected chi connectivity index (χ3v) is 7.28. The van der Waals surface area contributed by atoms with E-state index in [-0.39, 0.29) is 23.8 Å². The van der Waals surface area contributed by atoms with E-state index in [1.807, 2.05) is 32.0 Å². The van der Waals surface area contributed by atoms with Gasteiger partial charge < -0.3 is 9.47 Å². The Morgan fingerprint density at radius 2 is 1.79 bits per heavy atom. The Labute approximate surface area is 227 Å². The molecule has 1 saturated heterocycles. The fourth-order valence-corrected chi connectivity index (χ4v) is 5.24. The predicted molar refractivity (Wildman–Crippen MR) is 141 cm³/mol. The van der Waals surface area contributed by atoms with Crippen LogP contribution in [-0.2, 0) is 17.5 Å². The molecular weight excluding hydrogens is 566 g/mol. The lowest BCUT2D eigenvalue weighted by atomic mass is 9.93. The van der Waals surface area contributed by atoms with Crippen LogP contribution in [0.3, 0.4) is 0 Å². The highest BCUT2D eigenvalue weighted by Gasteiger charge is 2.41. The van der Waals surface area contributed by atoms with Crippen LogP contribution in [0.1, 0.15) is 60.6 Å². The van der Waals surface area contributed by atoms with Crippen LogP contribution in [0.25, 0.3) is 11.1 Å². The SMILES string of the molecule is COc1cc(F)c(C(C)C)cc1-c1ccc(Br)cc1CN1C(=O)OC(c2cc(C)cc(C(F)(F)F)c2)[C@@H]1C. The molecule has 4 nitrogen and oxygen atoms in total. The van der Waals surface area contributed by atoms with Crippen molar-refractivity contribution in [2.24, 2.45) is 0 Å². The molecule has 1 aliphatic heterocycles. The van der Waals surface area contributed by atoms with Gasteiger partial charge in [-0.15, -0.1) is 0 Å². The molecule has 4 rings (SSSR count). The number of carbonyl (C=O) groups excluding carboxylic acids is 1. The van der Waals surface area contributed by atoms with Crippen molar-refractivity contribution in [3.8, 4) is 16.9 Å². The molecule has 1 amide bonds. The van der Waals surface area contributed by atoms with Crippen molar-refractivity contribution >= 4 is 22.0 Å². The minimum atomic E-state index is -4.51. The lowest BCUT2D eigenvalue weighted by Gasteiger charge is -2.24.